The van der Waals surface area contributed by atoms with Gasteiger partial charge in [0.2, 0.25) is 0 Å². The summed E-state index contributed by atoms with van der Waals surface area (Å²) in [5.74, 6) is 0.738. The van der Waals surface area contributed by atoms with Gasteiger partial charge >= 0.3 is 17.1 Å². The number of fused-ring (bicyclic) bond motifs is 1. The summed E-state index contributed by atoms with van der Waals surface area (Å²) >= 11 is 1.61. The molecule has 3 aliphatic rings. The van der Waals surface area contributed by atoms with E-state index < -0.39 is 45.5 Å². The predicted octanol–water partition coefficient (Wildman–Crippen LogP) is 12.2. The zero-order chi connectivity index (χ0) is 58.2. The van der Waals surface area contributed by atoms with Crippen LogP contribution in [0.5, 0.6) is 23.0 Å². The number of H-pyrrole nitrogens is 1. The second kappa shape index (κ2) is 25.9. The van der Waals surface area contributed by atoms with Crippen LogP contribution in [0, 0.1) is 0 Å². The highest BCUT2D eigenvalue weighted by Gasteiger charge is 2.40. The van der Waals surface area contributed by atoms with E-state index in [-0.39, 0.29) is 36.2 Å². The van der Waals surface area contributed by atoms with Gasteiger partial charge < -0.3 is 52.1 Å². The first-order chi connectivity index (χ1) is 38.2. The Morgan fingerprint density at radius 2 is 1.27 bits per heavy atom. The number of benzene rings is 4. The largest absolute Gasteiger partial charge is 0.488 e. The van der Waals surface area contributed by atoms with E-state index in [1.54, 1.807) is 66.1 Å². The molecule has 0 saturated carbocycles. The van der Waals surface area contributed by atoms with Crippen LogP contribution in [0.2, 0.25) is 0 Å². The summed E-state index contributed by atoms with van der Waals surface area (Å²) in [5, 5.41) is 7.74. The average Bonchev–Trinajstić information content (AvgIpc) is 4.29. The number of nitrogens with one attached hydrogen (secondary N) is 1. The van der Waals surface area contributed by atoms with Crippen molar-refractivity contribution in [3.8, 4) is 23.0 Å². The number of anilines is 1. The van der Waals surface area contributed by atoms with Crippen molar-refractivity contribution in [1.82, 2.24) is 0 Å². The Labute approximate surface area is 483 Å². The van der Waals surface area contributed by atoms with Gasteiger partial charge in [0.25, 0.3) is 0 Å². The van der Waals surface area contributed by atoms with Crippen LogP contribution in [-0.2, 0) is 39.6 Å². The Morgan fingerprint density at radius 3 is 1.91 bits per heavy atom. The van der Waals surface area contributed by atoms with E-state index in [0.717, 1.165) is 47.0 Å². The summed E-state index contributed by atoms with van der Waals surface area (Å²) in [7, 11) is 0. The third-order valence-corrected chi connectivity index (χ3v) is 14.8. The highest BCUT2D eigenvalue weighted by molar-refractivity contribution is 7.21. The topological polar surface area (TPSA) is 175 Å². The summed E-state index contributed by atoms with van der Waals surface area (Å²) in [4.78, 5) is 31.3. The van der Waals surface area contributed by atoms with Crippen molar-refractivity contribution >= 4 is 44.8 Å². The molecule has 0 spiro atoms. The minimum atomic E-state index is -0.801. The number of carbonyl (C=O) groups excluding carboxylic acids is 2. The van der Waals surface area contributed by atoms with Crippen LogP contribution in [0.25, 0.3) is 10.2 Å². The minimum absolute atomic E-state index is 0.0785. The number of hydrogen-bond donors (Lipinski definition) is 0. The number of aromatic nitrogens is 1. The third kappa shape index (κ3) is 19.8. The first-order valence-electron chi connectivity index (χ1n) is 28.5. The lowest BCUT2D eigenvalue weighted by atomic mass is 9.84. The Morgan fingerprint density at radius 1 is 0.654 bits per heavy atom. The van der Waals surface area contributed by atoms with Gasteiger partial charge in [-0.15, -0.1) is 5.01 Å². The summed E-state index contributed by atoms with van der Waals surface area (Å²) < 4.78 is 68.2. The molecule has 0 amide bonds. The fraction of sp³-hybridized carbons (Fsp3) is 0.562. The van der Waals surface area contributed by atoms with Crippen LogP contribution in [0.3, 0.4) is 0 Å². The molecule has 0 radical (unpaired) electrons. The van der Waals surface area contributed by atoms with E-state index in [2.05, 4.69) is 52.6 Å². The summed E-state index contributed by atoms with van der Waals surface area (Å²) in [6, 6.07) is 25.7. The number of thiazole rings is 1. The second-order valence-electron chi connectivity index (χ2n) is 25.3. The number of hydrazone groups is 1. The zero-order valence-electron chi connectivity index (χ0n) is 49.9. The lowest BCUT2D eigenvalue weighted by molar-refractivity contribution is -0.324. The molecule has 3 fully saturated rings. The smallest absolute Gasteiger partial charge is 0.360 e. The van der Waals surface area contributed by atoms with Crippen molar-refractivity contribution in [3.63, 3.8) is 0 Å². The number of carbonyl (C=O) groups is 2. The monoisotopic (exact) mass is 1140 g/mol. The first kappa shape index (κ1) is 61.4. The fourth-order valence-corrected chi connectivity index (χ4v) is 10.7. The van der Waals surface area contributed by atoms with Crippen LogP contribution < -0.4 is 28.9 Å². The van der Waals surface area contributed by atoms with Crippen LogP contribution in [-0.4, -0.2) is 123 Å². The van der Waals surface area contributed by atoms with Crippen molar-refractivity contribution in [2.75, 3.05) is 57.8 Å². The van der Waals surface area contributed by atoms with Crippen LogP contribution in [0.15, 0.2) is 90.0 Å². The highest BCUT2D eigenvalue weighted by Crippen LogP contribution is 2.40. The predicted molar refractivity (Wildman–Crippen MR) is 314 cm³/mol. The highest BCUT2D eigenvalue weighted by atomic mass is 32.1. The van der Waals surface area contributed by atoms with Gasteiger partial charge in [0.1, 0.15) is 58.7 Å². The van der Waals surface area contributed by atoms with Crippen molar-refractivity contribution in [2.24, 2.45) is 5.10 Å². The van der Waals surface area contributed by atoms with E-state index >= 15 is 0 Å². The molecule has 17 heteroatoms. The molecule has 0 aliphatic carbocycles. The van der Waals surface area contributed by atoms with Crippen LogP contribution in [0.4, 0.5) is 5.13 Å². The lowest BCUT2D eigenvalue weighted by Crippen LogP contribution is -2.43. The van der Waals surface area contributed by atoms with Crippen LogP contribution >= 0.6 is 11.3 Å². The zero-order valence-corrected chi connectivity index (χ0v) is 50.7. The van der Waals surface area contributed by atoms with E-state index in [1.807, 2.05) is 83.8 Å². The number of epoxide rings is 3. The number of esters is 2. The van der Waals surface area contributed by atoms with Crippen molar-refractivity contribution in [1.29, 1.82) is 0 Å². The second-order valence-corrected chi connectivity index (χ2v) is 26.3. The Hall–Kier alpha value is -5.66. The molecule has 81 heavy (non-hydrogen) atoms. The van der Waals surface area contributed by atoms with Gasteiger partial charge in [0.05, 0.1) is 85.1 Å². The summed E-state index contributed by atoms with van der Waals surface area (Å²) in [5.41, 5.74) is -0.260. The van der Waals surface area contributed by atoms with Gasteiger partial charge in [-0.25, -0.2) is 14.6 Å². The maximum atomic E-state index is 14.5. The number of hydrogen-bond acceptors (Lipinski definition) is 16. The molecule has 4 atom stereocenters. The van der Waals surface area contributed by atoms with Crippen molar-refractivity contribution in [3.05, 3.63) is 107 Å². The van der Waals surface area contributed by atoms with Gasteiger partial charge in [0, 0.05) is 24.8 Å². The quantitative estimate of drug-likeness (QED) is 0.0131. The average molecular weight is 1140 g/mol. The van der Waals surface area contributed by atoms with Gasteiger partial charge in [0.15, 0.2) is 11.5 Å². The molecule has 1 aromatic heterocycles. The molecule has 4 unspecified atom stereocenters. The van der Waals surface area contributed by atoms with E-state index in [0.29, 0.717) is 87.0 Å². The van der Waals surface area contributed by atoms with Gasteiger partial charge in [-0.2, -0.15) is 0 Å². The SMILES string of the molecule is CCCN(/N=C/c1cc(CCOC(=O)c2ccc(OC(C)(C)CC(C)(C)OCC3CO3)cc2)ccc1OC(=O)c1ccc(OC(C)(C)C)c(OC(C)(C)CC(C)(CCC(C)(C)OCC2CO2)OCC2CO2)c1)c1[nH+]c2ccccc2s1. The molecule has 1 N–H and O–H groups in total. The minimum Gasteiger partial charge on any atom is -0.488 e. The molecule has 0 bridgehead atoms. The normalized spacial score (nSPS) is 18.1. The molecule has 8 rings (SSSR count). The van der Waals surface area contributed by atoms with E-state index in [9.17, 15) is 9.59 Å². The molecular weight excluding hydrogens is 1050 g/mol. The maximum Gasteiger partial charge on any atom is 0.360 e. The van der Waals surface area contributed by atoms with Crippen molar-refractivity contribution in [2.45, 2.75) is 180 Å². The molecule has 5 aromatic rings. The van der Waals surface area contributed by atoms with Gasteiger partial charge in [-0.3, -0.25) is 0 Å². The van der Waals surface area contributed by atoms with Gasteiger partial charge in [-0.05, 0) is 186 Å². The number of ether oxygens (including phenoxy) is 11. The lowest BCUT2D eigenvalue weighted by Gasteiger charge is -2.40. The molecule has 4 heterocycles. The number of aromatic amines is 1. The Kier molecular flexibility index (Phi) is 19.6. The van der Waals surface area contributed by atoms with E-state index in [1.165, 1.54) is 0 Å². The standard InChI is InChI=1S/C64H85N3O13S/c1-14-30-67(58-66-51-17-15-16-18-55(51)81-58)65-34-46-32-43(27-31-70-56(68)44-20-23-47(24-21-44)78-62(9,10)41-61(7,8)75-39-49-36-72-49)19-25-52(46)77-57(69)45-22-26-53(79-59(2,3)4)54(33-45)80-63(11,12)42-64(13,76-40-50-37-73-50)29-28-60(5,6)74-38-48-35-71-48/h15-26,32-34,48-50H,14,27-31,35-42H2,1-13H3/p+1/b65-34+. The van der Waals surface area contributed by atoms with E-state index in [4.69, 9.17) is 57.2 Å². The van der Waals surface area contributed by atoms with Crippen LogP contribution in [0.1, 0.15) is 154 Å². The molecular formula is C64H86N3O13S+. The number of rotatable bonds is 32. The number of nitrogens with zero attached hydrogens (tertiary/aromatic N) is 2. The number of para-hydroxylation sites is 1. The first-order valence-corrected chi connectivity index (χ1v) is 29.4. The van der Waals surface area contributed by atoms with Crippen molar-refractivity contribution < 1.29 is 66.7 Å². The Balaban J connectivity index is 0.981. The fourth-order valence-electron chi connectivity index (χ4n) is 9.75. The van der Waals surface area contributed by atoms with Gasteiger partial charge in [-0.1, -0.05) is 30.2 Å². The molecule has 16 nitrogen and oxygen atoms in total. The third-order valence-electron chi connectivity index (χ3n) is 13.8. The molecule has 3 saturated heterocycles. The summed E-state index contributed by atoms with van der Waals surface area (Å²) in [6.45, 7) is 31.0. The molecule has 440 valence electrons. The summed E-state index contributed by atoms with van der Waals surface area (Å²) in [6.07, 6.45) is 5.95. The molecule has 4 aromatic carbocycles. The molecule has 3 aliphatic heterocycles. The Bertz CT molecular complexity index is 2900. The maximum absolute atomic E-state index is 14.5.